The van der Waals surface area contributed by atoms with Gasteiger partial charge in [-0.1, -0.05) is 128 Å². The van der Waals surface area contributed by atoms with Gasteiger partial charge in [-0.25, -0.2) is 29.5 Å². The van der Waals surface area contributed by atoms with Gasteiger partial charge in [-0.15, -0.1) is 0 Å². The molecule has 63 heavy (non-hydrogen) atoms. The number of anilines is 2. The molecule has 9 rings (SSSR count). The van der Waals surface area contributed by atoms with Gasteiger partial charge in [0.05, 0.1) is 58.8 Å². The molecule has 2 aromatic heterocycles. The Morgan fingerprint density at radius 3 is 1.76 bits per heavy atom. The van der Waals surface area contributed by atoms with Crippen molar-refractivity contribution >= 4 is 61.4 Å². The Balaban J connectivity index is 0.000000203. The van der Waals surface area contributed by atoms with Gasteiger partial charge in [-0.3, -0.25) is 0 Å². The minimum atomic E-state index is -0.379. The lowest BCUT2D eigenvalue weighted by Crippen LogP contribution is -2.26. The number of aromatic nitrogens is 4. The van der Waals surface area contributed by atoms with Crippen LogP contribution in [0.5, 0.6) is 0 Å². The molecule has 10 heteroatoms. The number of unbranched alkanes of at least 4 members (excludes halogenated alkanes) is 1. The molecule has 0 bridgehead atoms. The summed E-state index contributed by atoms with van der Waals surface area (Å²) in [5.74, 6) is 0.0596. The zero-order chi connectivity index (χ0) is 42.1. The predicted octanol–water partition coefficient (Wildman–Crippen LogP) is 12.9. The number of fused-ring (bicyclic) bond motifs is 3. The second-order valence-corrected chi connectivity index (χ2v) is 15.6. The number of methoxy groups -OCH3 is 2. The van der Waals surface area contributed by atoms with Gasteiger partial charge in [0.2, 0.25) is 0 Å². The maximum atomic E-state index is 12.0. The number of carbonyl (C=O) groups excluding carboxylic acids is 2. The van der Waals surface area contributed by atoms with Gasteiger partial charge in [0, 0.05) is 27.8 Å². The van der Waals surface area contributed by atoms with Crippen molar-refractivity contribution in [3.8, 4) is 22.5 Å². The smallest absolute Gasteiger partial charge is 0.337 e. The van der Waals surface area contributed by atoms with E-state index < -0.39 is 0 Å². The fourth-order valence-corrected chi connectivity index (χ4v) is 8.15. The molecule has 3 heterocycles. The highest BCUT2D eigenvalue weighted by Gasteiger charge is 2.24. The van der Waals surface area contributed by atoms with E-state index in [1.165, 1.54) is 31.0 Å². The van der Waals surface area contributed by atoms with Crippen molar-refractivity contribution in [1.29, 1.82) is 0 Å². The number of nitrogens with zero attached hydrogens (tertiary/aromatic N) is 5. The Morgan fingerprint density at radius 2 is 1.13 bits per heavy atom. The SMILES string of the molecule is C.C.COC(=O)c1ccc2nc(-c3ccccc3)c(CCCCc3ccccc3Br)nc2c1.COC(=O)c1ccc2nc(-c3ccccc3)c(N3CCCc4ccccc43)nc2c1. The van der Waals surface area contributed by atoms with E-state index in [9.17, 15) is 9.59 Å². The van der Waals surface area contributed by atoms with Crippen LogP contribution in [0.4, 0.5) is 11.5 Å². The highest BCUT2D eigenvalue weighted by molar-refractivity contribution is 9.10. The Bertz CT molecular complexity index is 2840. The summed E-state index contributed by atoms with van der Waals surface area (Å²) in [6.07, 6.45) is 5.99. The van der Waals surface area contributed by atoms with Gasteiger partial charge < -0.3 is 14.4 Å². The summed E-state index contributed by atoms with van der Waals surface area (Å²) in [5.41, 5.74) is 12.4. The zero-order valence-electron chi connectivity index (χ0n) is 34.1. The Hall–Kier alpha value is -6.78. The average Bonchev–Trinajstić information content (AvgIpc) is 3.32. The number of carbonyl (C=O) groups is 2. The molecular formula is C53H52BrN5O4. The Morgan fingerprint density at radius 1 is 0.587 bits per heavy atom. The molecule has 9 nitrogen and oxygen atoms in total. The lowest BCUT2D eigenvalue weighted by atomic mass is 10.0. The number of para-hydroxylation sites is 1. The number of hydrogen-bond acceptors (Lipinski definition) is 9. The molecule has 1 aliphatic heterocycles. The first kappa shape index (κ1) is 45.7. The van der Waals surface area contributed by atoms with Crippen LogP contribution >= 0.6 is 15.9 Å². The van der Waals surface area contributed by atoms with E-state index in [-0.39, 0.29) is 26.8 Å². The normalized spacial score (nSPS) is 11.6. The topological polar surface area (TPSA) is 107 Å². The number of esters is 2. The van der Waals surface area contributed by atoms with Crippen molar-refractivity contribution in [3.05, 3.63) is 178 Å². The Kier molecular flexibility index (Phi) is 15.5. The summed E-state index contributed by atoms with van der Waals surface area (Å²) in [5, 5.41) is 0. The first-order valence-electron chi connectivity index (χ1n) is 20.4. The quantitative estimate of drug-likeness (QED) is 0.0979. The van der Waals surface area contributed by atoms with Gasteiger partial charge in [0.25, 0.3) is 0 Å². The van der Waals surface area contributed by atoms with Crippen molar-refractivity contribution in [2.75, 3.05) is 25.7 Å². The molecule has 320 valence electrons. The highest BCUT2D eigenvalue weighted by atomic mass is 79.9. The van der Waals surface area contributed by atoms with E-state index >= 15 is 0 Å². The minimum Gasteiger partial charge on any atom is -0.465 e. The average molecular weight is 903 g/mol. The van der Waals surface area contributed by atoms with Crippen LogP contribution in [-0.2, 0) is 28.7 Å². The predicted molar refractivity (Wildman–Crippen MR) is 259 cm³/mol. The maximum Gasteiger partial charge on any atom is 0.337 e. The van der Waals surface area contributed by atoms with E-state index in [2.05, 4.69) is 87.6 Å². The molecule has 0 spiro atoms. The maximum absolute atomic E-state index is 12.0. The largest absolute Gasteiger partial charge is 0.465 e. The van der Waals surface area contributed by atoms with Crippen LogP contribution in [0, 0.1) is 0 Å². The minimum absolute atomic E-state index is 0. The molecular weight excluding hydrogens is 851 g/mol. The van der Waals surface area contributed by atoms with E-state index in [1.807, 2.05) is 54.6 Å². The van der Waals surface area contributed by atoms with E-state index in [0.717, 1.165) is 94.6 Å². The van der Waals surface area contributed by atoms with Crippen molar-refractivity contribution in [2.45, 2.75) is 53.4 Å². The van der Waals surface area contributed by atoms with Crippen molar-refractivity contribution in [1.82, 2.24) is 19.9 Å². The molecule has 6 aromatic carbocycles. The summed E-state index contributed by atoms with van der Waals surface area (Å²) in [6, 6.07) is 47.7. The molecule has 0 amide bonds. The summed E-state index contributed by atoms with van der Waals surface area (Å²) in [6.45, 7) is 0.869. The molecule has 8 aromatic rings. The lowest BCUT2D eigenvalue weighted by Gasteiger charge is -2.31. The zero-order valence-corrected chi connectivity index (χ0v) is 35.6. The fourth-order valence-electron chi connectivity index (χ4n) is 7.67. The van der Waals surface area contributed by atoms with Crippen LogP contribution in [0.3, 0.4) is 0 Å². The van der Waals surface area contributed by atoms with Gasteiger partial charge in [-0.05, 0) is 98.2 Å². The van der Waals surface area contributed by atoms with Gasteiger partial charge in [-0.2, -0.15) is 0 Å². The molecule has 0 fully saturated rings. The van der Waals surface area contributed by atoms with Crippen molar-refractivity contribution in [2.24, 2.45) is 0 Å². The van der Waals surface area contributed by atoms with Crippen LogP contribution in [0.15, 0.2) is 150 Å². The van der Waals surface area contributed by atoms with Gasteiger partial charge in [0.1, 0.15) is 5.69 Å². The molecule has 0 radical (unpaired) electrons. The van der Waals surface area contributed by atoms with Crippen LogP contribution in [-0.4, -0.2) is 52.6 Å². The van der Waals surface area contributed by atoms with Gasteiger partial charge >= 0.3 is 11.9 Å². The lowest BCUT2D eigenvalue weighted by molar-refractivity contribution is 0.0592. The standard InChI is InChI=1S/C26H23BrN2O2.C25H21N3O2.2CH4/c1-31-26(30)20-15-16-22-24(17-20)28-23(25(29-22)19-11-3-2-4-12-19)14-8-6-10-18-9-5-7-13-21(18)27;1-30-25(29)19-13-14-20-21(16-19)27-24(23(26-20)18-9-3-2-4-10-18)28-15-7-11-17-8-5-6-12-22(17)28;;/h2-5,7,9,11-13,15-17H,6,8,10,14H2,1H3;2-6,8-10,12-14,16H,7,11,15H2,1H3;2*1H4. The summed E-state index contributed by atoms with van der Waals surface area (Å²) >= 11 is 3.63. The molecule has 0 N–H and O–H groups in total. The number of ether oxygens (including phenoxy) is 2. The first-order chi connectivity index (χ1) is 29.9. The Labute approximate surface area is 378 Å². The monoisotopic (exact) mass is 901 g/mol. The first-order valence-corrected chi connectivity index (χ1v) is 21.2. The number of halogens is 1. The molecule has 0 aliphatic carbocycles. The third kappa shape index (κ3) is 10.5. The van der Waals surface area contributed by atoms with E-state index in [0.29, 0.717) is 22.2 Å². The van der Waals surface area contributed by atoms with E-state index in [4.69, 9.17) is 29.4 Å². The molecule has 0 unspecified atom stereocenters. The third-order valence-electron chi connectivity index (χ3n) is 10.8. The second kappa shape index (κ2) is 21.3. The summed E-state index contributed by atoms with van der Waals surface area (Å²) < 4.78 is 10.9. The number of benzene rings is 6. The second-order valence-electron chi connectivity index (χ2n) is 14.7. The molecule has 0 saturated heterocycles. The molecule has 0 atom stereocenters. The van der Waals surface area contributed by atoms with E-state index in [1.54, 1.807) is 24.3 Å². The highest BCUT2D eigenvalue weighted by Crippen LogP contribution is 2.38. The van der Waals surface area contributed by atoms with Crippen LogP contribution in [0.2, 0.25) is 0 Å². The van der Waals surface area contributed by atoms with Crippen molar-refractivity contribution in [3.63, 3.8) is 0 Å². The van der Waals surface area contributed by atoms with Crippen LogP contribution in [0.25, 0.3) is 44.6 Å². The molecule has 1 aliphatic rings. The third-order valence-corrected chi connectivity index (χ3v) is 11.5. The van der Waals surface area contributed by atoms with Crippen LogP contribution in [0.1, 0.15) is 71.7 Å². The number of rotatable bonds is 10. The van der Waals surface area contributed by atoms with Gasteiger partial charge in [0.15, 0.2) is 5.82 Å². The van der Waals surface area contributed by atoms with Crippen molar-refractivity contribution < 1.29 is 19.1 Å². The number of aryl methyl sites for hydroxylation is 3. The number of hydrogen-bond donors (Lipinski definition) is 0. The summed E-state index contributed by atoms with van der Waals surface area (Å²) in [7, 11) is 2.76. The molecule has 0 saturated carbocycles. The van der Waals surface area contributed by atoms with Crippen LogP contribution < -0.4 is 4.90 Å². The summed E-state index contributed by atoms with van der Waals surface area (Å²) in [4.78, 5) is 46.0. The fraction of sp³-hybridized carbons (Fsp3) is 0.208.